The van der Waals surface area contributed by atoms with Crippen LogP contribution in [-0.2, 0) is 16.2 Å². The van der Waals surface area contributed by atoms with Gasteiger partial charge in [0, 0.05) is 34.1 Å². The number of nitrogens with two attached hydrogens (primary N) is 1. The van der Waals surface area contributed by atoms with Crippen LogP contribution < -0.4 is 9.46 Å². The van der Waals surface area contributed by atoms with Crippen LogP contribution in [0.5, 0.6) is 5.75 Å². The minimum Gasteiger partial charge on any atom is -0.493 e. The van der Waals surface area contributed by atoms with Gasteiger partial charge in [0.1, 0.15) is 17.0 Å². The number of primary sulfonamides is 1. The molecule has 1 unspecified atom stereocenters. The predicted octanol–water partition coefficient (Wildman–Crippen LogP) is 3.71. The van der Waals surface area contributed by atoms with Crippen molar-refractivity contribution in [3.63, 3.8) is 0 Å². The standard InChI is InChI=1S/C18H13ClF3N3O3S2/c19-15-7-10(18(20,21)22)1-3-13(15)12-5-6-28-16-8-11(2-4-14(12)16)30(26,27)25-17-23-9-24-29-17/h1-4,7-9,12H,5-6H2,(H,23,24,25)/p+1. The number of quaternary nitrogens is 1. The van der Waals surface area contributed by atoms with Crippen LogP contribution in [0.3, 0.4) is 0 Å². The van der Waals surface area contributed by atoms with Gasteiger partial charge in [0.2, 0.25) is 0 Å². The zero-order chi connectivity index (χ0) is 21.5. The number of hydrogen-bond acceptors (Lipinski definition) is 6. The summed E-state index contributed by atoms with van der Waals surface area (Å²) >= 11 is 7.12. The maximum atomic E-state index is 12.9. The number of aromatic nitrogens is 2. The second kappa shape index (κ2) is 7.80. The van der Waals surface area contributed by atoms with Gasteiger partial charge in [0.25, 0.3) is 0 Å². The molecule has 1 aliphatic heterocycles. The van der Waals surface area contributed by atoms with Crippen molar-refractivity contribution < 1.29 is 31.0 Å². The highest BCUT2D eigenvalue weighted by molar-refractivity contribution is 7.85. The molecule has 12 heteroatoms. The minimum absolute atomic E-state index is 0.00368. The summed E-state index contributed by atoms with van der Waals surface area (Å²) in [5.74, 6) is 0.0429. The lowest BCUT2D eigenvalue weighted by atomic mass is 9.86. The Balaban J connectivity index is 1.67. The lowest BCUT2D eigenvalue weighted by Crippen LogP contribution is -2.81. The van der Waals surface area contributed by atoms with Gasteiger partial charge in [-0.05, 0) is 30.2 Å². The Morgan fingerprint density at radius 1 is 1.17 bits per heavy atom. The Labute approximate surface area is 178 Å². The molecule has 2 aromatic carbocycles. The Hall–Kier alpha value is -2.21. The van der Waals surface area contributed by atoms with E-state index in [1.165, 1.54) is 24.5 Å². The molecule has 2 N–H and O–H groups in total. The van der Waals surface area contributed by atoms with Crippen LogP contribution in [0.4, 0.5) is 18.3 Å². The quantitative estimate of drug-likeness (QED) is 0.620. The van der Waals surface area contributed by atoms with Crippen molar-refractivity contribution in [2.24, 2.45) is 0 Å². The summed E-state index contributed by atoms with van der Waals surface area (Å²) in [6.07, 6.45) is -2.72. The molecule has 6 nitrogen and oxygen atoms in total. The molecule has 1 aliphatic rings. The number of fused-ring (bicyclic) bond motifs is 1. The first kappa shape index (κ1) is 21.0. The molecule has 0 spiro atoms. The third-order valence-corrected chi connectivity index (χ3v) is 7.22. The first-order chi connectivity index (χ1) is 14.1. The Bertz CT molecular complexity index is 1190. The molecule has 3 aromatic rings. The van der Waals surface area contributed by atoms with Crippen LogP contribution in [-0.4, -0.2) is 24.4 Å². The fourth-order valence-electron chi connectivity index (χ4n) is 3.29. The van der Waals surface area contributed by atoms with Gasteiger partial charge in [0.05, 0.1) is 12.2 Å². The Morgan fingerprint density at radius 2 is 1.93 bits per heavy atom. The summed E-state index contributed by atoms with van der Waals surface area (Å²) in [7, 11) is -3.78. The van der Waals surface area contributed by atoms with Gasteiger partial charge >= 0.3 is 21.3 Å². The maximum Gasteiger partial charge on any atom is 0.416 e. The average Bonchev–Trinajstić information content (AvgIpc) is 3.18. The van der Waals surface area contributed by atoms with Crippen LogP contribution in [0.2, 0.25) is 5.02 Å². The molecule has 1 aromatic heterocycles. The molecule has 30 heavy (non-hydrogen) atoms. The normalized spacial score (nSPS) is 16.7. The number of nitrogens with zero attached hydrogens (tertiary/aromatic N) is 2. The van der Waals surface area contributed by atoms with E-state index in [-0.39, 0.29) is 27.6 Å². The van der Waals surface area contributed by atoms with Crippen LogP contribution in [0, 0.1) is 0 Å². The lowest BCUT2D eigenvalue weighted by Gasteiger charge is -2.27. The molecule has 0 amide bonds. The summed E-state index contributed by atoms with van der Waals surface area (Å²) < 4.78 is 74.5. The number of halogens is 4. The van der Waals surface area contributed by atoms with Crippen LogP contribution in [0.15, 0.2) is 47.6 Å². The predicted molar refractivity (Wildman–Crippen MR) is 104 cm³/mol. The van der Waals surface area contributed by atoms with Crippen LogP contribution in [0.25, 0.3) is 0 Å². The van der Waals surface area contributed by atoms with Crippen molar-refractivity contribution in [3.8, 4) is 5.75 Å². The highest BCUT2D eigenvalue weighted by Crippen LogP contribution is 2.42. The lowest BCUT2D eigenvalue weighted by molar-refractivity contribution is -0.397. The van der Waals surface area contributed by atoms with E-state index >= 15 is 0 Å². The van der Waals surface area contributed by atoms with Gasteiger partial charge < -0.3 is 4.74 Å². The van der Waals surface area contributed by atoms with E-state index in [1.807, 2.05) is 0 Å². The first-order valence-corrected chi connectivity index (χ1v) is 11.3. The molecule has 0 bridgehead atoms. The average molecular weight is 477 g/mol. The van der Waals surface area contributed by atoms with Crippen molar-refractivity contribution >= 4 is 38.3 Å². The molecule has 0 radical (unpaired) electrons. The van der Waals surface area contributed by atoms with E-state index < -0.39 is 21.8 Å². The zero-order valence-electron chi connectivity index (χ0n) is 15.1. The molecular weight excluding hydrogens is 463 g/mol. The molecule has 4 rings (SSSR count). The molecular formula is C18H14ClF3N3O3S2+. The highest BCUT2D eigenvalue weighted by Gasteiger charge is 2.33. The fourth-order valence-corrected chi connectivity index (χ4v) is 5.44. The van der Waals surface area contributed by atoms with Crippen LogP contribution >= 0.6 is 23.1 Å². The summed E-state index contributed by atoms with van der Waals surface area (Å²) in [6, 6.07) is 7.71. The third kappa shape index (κ3) is 4.15. The zero-order valence-corrected chi connectivity index (χ0v) is 17.4. The van der Waals surface area contributed by atoms with Crippen molar-refractivity contribution in [2.45, 2.75) is 23.4 Å². The Morgan fingerprint density at radius 3 is 2.60 bits per heavy atom. The molecule has 158 valence electrons. The molecule has 0 fully saturated rings. The molecule has 1 atom stereocenters. The van der Waals surface area contributed by atoms with Crippen molar-refractivity contribution in [3.05, 3.63) is 64.4 Å². The topological polar surface area (TPSA) is 85.8 Å². The van der Waals surface area contributed by atoms with Gasteiger partial charge in [-0.1, -0.05) is 23.7 Å². The van der Waals surface area contributed by atoms with E-state index in [0.29, 0.717) is 23.3 Å². The molecule has 0 saturated carbocycles. The molecule has 0 saturated heterocycles. The first-order valence-electron chi connectivity index (χ1n) is 8.65. The monoisotopic (exact) mass is 476 g/mol. The van der Waals surface area contributed by atoms with E-state index in [1.54, 1.807) is 6.07 Å². The van der Waals surface area contributed by atoms with Gasteiger partial charge in [-0.25, -0.2) is 0 Å². The third-order valence-electron chi connectivity index (χ3n) is 4.69. The van der Waals surface area contributed by atoms with Crippen molar-refractivity contribution in [1.29, 1.82) is 0 Å². The van der Waals surface area contributed by atoms with Gasteiger partial charge in [-0.2, -0.15) is 35.7 Å². The molecule has 2 heterocycles. The van der Waals surface area contributed by atoms with Gasteiger partial charge in [0.15, 0.2) is 0 Å². The maximum absolute atomic E-state index is 12.9. The number of ether oxygens (including phenoxy) is 1. The van der Waals surface area contributed by atoms with Crippen molar-refractivity contribution in [1.82, 2.24) is 9.36 Å². The Kier molecular flexibility index (Phi) is 5.47. The van der Waals surface area contributed by atoms with Gasteiger partial charge in [-0.15, -0.1) is 0 Å². The van der Waals surface area contributed by atoms with E-state index in [2.05, 4.69) is 9.36 Å². The number of alkyl halides is 3. The minimum atomic E-state index is -4.48. The van der Waals surface area contributed by atoms with Gasteiger partial charge in [-0.3, -0.25) is 0 Å². The van der Waals surface area contributed by atoms with E-state index in [0.717, 1.165) is 28.4 Å². The van der Waals surface area contributed by atoms with E-state index in [9.17, 15) is 21.6 Å². The highest BCUT2D eigenvalue weighted by atomic mass is 35.5. The second-order valence-electron chi connectivity index (χ2n) is 6.57. The van der Waals surface area contributed by atoms with E-state index in [4.69, 9.17) is 16.3 Å². The summed E-state index contributed by atoms with van der Waals surface area (Å²) in [6.45, 7) is 0.276. The largest absolute Gasteiger partial charge is 0.493 e. The molecule has 0 aliphatic carbocycles. The number of benzene rings is 2. The summed E-state index contributed by atoms with van der Waals surface area (Å²) in [5, 5.41) is 0.257. The summed E-state index contributed by atoms with van der Waals surface area (Å²) in [5.41, 5.74) is 0.375. The number of hydrogen-bond donors (Lipinski definition) is 1. The summed E-state index contributed by atoms with van der Waals surface area (Å²) in [4.78, 5) is 3.87. The number of sulfonamides is 1. The SMILES string of the molecule is O=S(=O)([NH2+]c1ncns1)c1ccc2c(c1)OCCC2c1ccc(C(F)(F)F)cc1Cl. The fraction of sp³-hybridized carbons (Fsp3) is 0.222. The van der Waals surface area contributed by atoms with Crippen LogP contribution in [0.1, 0.15) is 29.0 Å². The smallest absolute Gasteiger partial charge is 0.416 e. The second-order valence-corrected chi connectivity index (χ2v) is 9.58. The number of rotatable bonds is 4. The van der Waals surface area contributed by atoms with Crippen molar-refractivity contribution in [2.75, 3.05) is 6.61 Å².